The van der Waals surface area contributed by atoms with Crippen LogP contribution < -0.4 is 9.80 Å². The Morgan fingerprint density at radius 2 is 1.36 bits per heavy atom. The second kappa shape index (κ2) is 11.8. The van der Waals surface area contributed by atoms with E-state index in [0.29, 0.717) is 0 Å². The van der Waals surface area contributed by atoms with Gasteiger partial charge in [-0.3, -0.25) is 4.57 Å². The van der Waals surface area contributed by atoms with Gasteiger partial charge in [0.1, 0.15) is 5.82 Å². The fourth-order valence-electron chi connectivity index (χ4n) is 6.46. The van der Waals surface area contributed by atoms with Gasteiger partial charge in [-0.05, 0) is 71.1 Å². The molecule has 0 unspecified atom stereocenters. The molecule has 0 bridgehead atoms. The summed E-state index contributed by atoms with van der Waals surface area (Å²) in [5, 5.41) is 2.47. The Hall–Kier alpha value is -5.26. The third-order valence-electron chi connectivity index (χ3n) is 8.90. The number of aromatic nitrogens is 2. The van der Waals surface area contributed by atoms with Gasteiger partial charge in [-0.15, -0.1) is 0 Å². The van der Waals surface area contributed by atoms with Crippen LogP contribution in [0.3, 0.4) is 0 Å². The highest BCUT2D eigenvalue weighted by Gasteiger charge is 2.20. The van der Waals surface area contributed by atoms with Crippen molar-refractivity contribution in [3.8, 4) is 16.9 Å². The number of rotatable bonds is 6. The molecular weight excluding hydrogens is 593 g/mol. The van der Waals surface area contributed by atoms with Crippen LogP contribution in [0.25, 0.3) is 38.8 Å². The molecule has 0 fully saturated rings. The average molecular weight is 629 g/mol. The summed E-state index contributed by atoms with van der Waals surface area (Å²) in [6.07, 6.45) is 6.29. The molecular formula is C42H36N4S. The van der Waals surface area contributed by atoms with E-state index in [4.69, 9.17) is 4.98 Å². The Bertz CT molecular complexity index is 2260. The average Bonchev–Trinajstić information content (AvgIpc) is 3.72. The minimum atomic E-state index is 0.0370. The Labute approximate surface area is 280 Å². The van der Waals surface area contributed by atoms with Crippen LogP contribution in [0.2, 0.25) is 0 Å². The number of fused-ring (bicyclic) bond motifs is 3. The molecule has 8 rings (SSSR count). The van der Waals surface area contributed by atoms with E-state index in [1.165, 1.54) is 59.7 Å². The van der Waals surface area contributed by atoms with Crippen molar-refractivity contribution in [2.24, 2.45) is 0 Å². The predicted molar refractivity (Wildman–Crippen MR) is 199 cm³/mol. The zero-order chi connectivity index (χ0) is 32.0. The van der Waals surface area contributed by atoms with E-state index in [-0.39, 0.29) is 5.41 Å². The molecule has 0 saturated heterocycles. The van der Waals surface area contributed by atoms with Crippen molar-refractivity contribution in [2.75, 3.05) is 16.5 Å². The SMILES string of the molecule is CC(C)(C)c1ccnc(-n2c3ccccc3c3ccc(Sc4cccc(N5C=CN(c6ccccc6-c6ccccc6)C5)c4)cc32)c1. The van der Waals surface area contributed by atoms with Crippen molar-refractivity contribution in [1.29, 1.82) is 0 Å². The van der Waals surface area contributed by atoms with Gasteiger partial charge >= 0.3 is 0 Å². The van der Waals surface area contributed by atoms with Crippen LogP contribution in [-0.4, -0.2) is 16.2 Å². The second-order valence-electron chi connectivity index (χ2n) is 13.0. The van der Waals surface area contributed by atoms with Gasteiger partial charge in [-0.25, -0.2) is 4.98 Å². The van der Waals surface area contributed by atoms with E-state index in [1.807, 2.05) is 6.20 Å². The topological polar surface area (TPSA) is 24.3 Å². The minimum Gasteiger partial charge on any atom is -0.328 e. The van der Waals surface area contributed by atoms with Crippen LogP contribution in [0.4, 0.5) is 11.4 Å². The lowest BCUT2D eigenvalue weighted by molar-refractivity contribution is 0.588. The fourth-order valence-corrected chi connectivity index (χ4v) is 7.36. The summed E-state index contributed by atoms with van der Waals surface area (Å²) in [5.74, 6) is 0.951. The van der Waals surface area contributed by atoms with Crippen molar-refractivity contribution in [3.05, 3.63) is 158 Å². The van der Waals surface area contributed by atoms with Crippen molar-refractivity contribution in [2.45, 2.75) is 36.0 Å². The first-order valence-electron chi connectivity index (χ1n) is 16.1. The van der Waals surface area contributed by atoms with Crippen LogP contribution in [0.15, 0.2) is 162 Å². The summed E-state index contributed by atoms with van der Waals surface area (Å²) in [6.45, 7) is 7.50. The molecule has 5 heteroatoms. The van der Waals surface area contributed by atoms with Crippen LogP contribution in [0, 0.1) is 0 Å². The number of hydrogen-bond donors (Lipinski definition) is 0. The zero-order valence-corrected chi connectivity index (χ0v) is 27.7. The highest BCUT2D eigenvalue weighted by atomic mass is 32.2. The summed E-state index contributed by atoms with van der Waals surface area (Å²) in [4.78, 5) is 11.9. The van der Waals surface area contributed by atoms with Crippen LogP contribution in [0.5, 0.6) is 0 Å². The Kier molecular flexibility index (Phi) is 7.34. The highest BCUT2D eigenvalue weighted by molar-refractivity contribution is 7.99. The van der Waals surface area contributed by atoms with E-state index in [0.717, 1.165) is 12.5 Å². The lowest BCUT2D eigenvalue weighted by atomic mass is 9.88. The van der Waals surface area contributed by atoms with Gasteiger partial charge in [0, 0.05) is 50.4 Å². The van der Waals surface area contributed by atoms with Crippen LogP contribution in [-0.2, 0) is 5.41 Å². The van der Waals surface area contributed by atoms with Crippen molar-refractivity contribution < 1.29 is 0 Å². The van der Waals surface area contributed by atoms with Crippen LogP contribution >= 0.6 is 11.8 Å². The number of benzene rings is 5. The van der Waals surface area contributed by atoms with Gasteiger partial charge in [0.05, 0.1) is 23.4 Å². The molecule has 0 amide bonds. The number of nitrogens with zero attached hydrogens (tertiary/aromatic N) is 4. The van der Waals surface area contributed by atoms with E-state index in [9.17, 15) is 0 Å². The van der Waals surface area contributed by atoms with Crippen LogP contribution in [0.1, 0.15) is 26.3 Å². The normalized spacial score (nSPS) is 13.3. The fraction of sp³-hybridized carbons (Fsp3) is 0.119. The summed E-state index contributed by atoms with van der Waals surface area (Å²) in [5.41, 5.74) is 8.48. The lowest BCUT2D eigenvalue weighted by Gasteiger charge is -2.24. The molecule has 0 aliphatic carbocycles. The molecule has 2 aromatic heterocycles. The largest absolute Gasteiger partial charge is 0.328 e. The van der Waals surface area contributed by atoms with Gasteiger partial charge in [0.2, 0.25) is 0 Å². The third kappa shape index (κ3) is 5.57. The lowest BCUT2D eigenvalue weighted by Crippen LogP contribution is -2.24. The first-order valence-corrected chi connectivity index (χ1v) is 16.9. The first kappa shape index (κ1) is 29.2. The van der Waals surface area contributed by atoms with Crippen molar-refractivity contribution in [3.63, 3.8) is 0 Å². The van der Waals surface area contributed by atoms with Crippen molar-refractivity contribution >= 4 is 44.9 Å². The minimum absolute atomic E-state index is 0.0370. The summed E-state index contributed by atoms with van der Waals surface area (Å²) in [6, 6.07) is 47.9. The Morgan fingerprint density at radius 3 is 2.23 bits per heavy atom. The Balaban J connectivity index is 1.09. The van der Waals surface area contributed by atoms with E-state index in [1.54, 1.807) is 11.8 Å². The molecule has 3 heterocycles. The van der Waals surface area contributed by atoms with E-state index >= 15 is 0 Å². The summed E-state index contributed by atoms with van der Waals surface area (Å²) < 4.78 is 2.32. The summed E-state index contributed by atoms with van der Waals surface area (Å²) >= 11 is 1.80. The van der Waals surface area contributed by atoms with Gasteiger partial charge in [0.25, 0.3) is 0 Å². The number of anilines is 2. The van der Waals surface area contributed by atoms with Gasteiger partial charge < -0.3 is 9.80 Å². The smallest absolute Gasteiger partial charge is 0.137 e. The molecule has 0 spiro atoms. The maximum atomic E-state index is 4.86. The number of para-hydroxylation sites is 2. The molecule has 4 nitrogen and oxygen atoms in total. The molecule has 230 valence electrons. The van der Waals surface area contributed by atoms with E-state index < -0.39 is 0 Å². The zero-order valence-electron chi connectivity index (χ0n) is 26.8. The third-order valence-corrected chi connectivity index (χ3v) is 9.88. The highest BCUT2D eigenvalue weighted by Crippen LogP contribution is 2.38. The molecule has 47 heavy (non-hydrogen) atoms. The molecule has 0 N–H and O–H groups in total. The first-order chi connectivity index (χ1) is 22.9. The van der Waals surface area contributed by atoms with Gasteiger partial charge in [-0.2, -0.15) is 0 Å². The standard InChI is InChI=1S/C42H36N4S/c1-42(2,3)31-22-23-43-41(26-31)46-39-19-10-8-17-36(39)37-21-20-34(28-40(37)46)47-33-15-11-14-32(27-33)44-24-25-45(29-44)38-18-9-7-16-35(38)30-12-5-4-6-13-30/h4-28H,29H2,1-3H3. The number of pyridine rings is 1. The summed E-state index contributed by atoms with van der Waals surface area (Å²) in [7, 11) is 0. The number of hydrogen-bond acceptors (Lipinski definition) is 4. The molecule has 1 aliphatic rings. The molecule has 7 aromatic rings. The molecule has 1 aliphatic heterocycles. The predicted octanol–water partition coefficient (Wildman–Crippen LogP) is 11.0. The molecule has 0 atom stereocenters. The maximum Gasteiger partial charge on any atom is 0.137 e. The van der Waals surface area contributed by atoms with E-state index in [2.05, 4.69) is 181 Å². The molecule has 5 aromatic carbocycles. The molecule has 0 saturated carbocycles. The Morgan fingerprint density at radius 1 is 0.617 bits per heavy atom. The second-order valence-corrected chi connectivity index (χ2v) is 14.2. The van der Waals surface area contributed by atoms with Gasteiger partial charge in [0.15, 0.2) is 0 Å². The maximum absolute atomic E-state index is 4.86. The van der Waals surface area contributed by atoms with Gasteiger partial charge in [-0.1, -0.05) is 111 Å². The van der Waals surface area contributed by atoms with Crippen molar-refractivity contribution in [1.82, 2.24) is 9.55 Å². The quantitative estimate of drug-likeness (QED) is 0.183. The molecule has 0 radical (unpaired) electrons. The monoisotopic (exact) mass is 628 g/mol.